The fraction of sp³-hybridized carbons (Fsp3) is 0.435. The smallest absolute Gasteiger partial charge is 0.252 e. The second kappa shape index (κ2) is 9.10. The Balaban J connectivity index is 1.35. The van der Waals surface area contributed by atoms with Gasteiger partial charge < -0.3 is 16.0 Å². The number of hydrogen-bond donors (Lipinski definition) is 3. The third-order valence-corrected chi connectivity index (χ3v) is 7.37. The summed E-state index contributed by atoms with van der Waals surface area (Å²) < 4.78 is 1.05. The van der Waals surface area contributed by atoms with Crippen LogP contribution in [0.15, 0.2) is 30.5 Å². The molecular weight excluding hydrogens is 430 g/mol. The van der Waals surface area contributed by atoms with E-state index in [1.807, 2.05) is 24.3 Å². The number of nitrogens with one attached hydrogen (secondary N) is 3. The van der Waals surface area contributed by atoms with E-state index in [0.29, 0.717) is 28.3 Å². The van der Waals surface area contributed by atoms with Crippen molar-refractivity contribution in [3.63, 3.8) is 0 Å². The predicted molar refractivity (Wildman–Crippen MR) is 127 cm³/mol. The topological polar surface area (TPSA) is 78.9 Å². The Morgan fingerprint density at radius 3 is 2.87 bits per heavy atom. The zero-order valence-electron chi connectivity index (χ0n) is 17.3. The molecule has 1 saturated heterocycles. The van der Waals surface area contributed by atoms with Gasteiger partial charge in [0, 0.05) is 28.2 Å². The highest BCUT2D eigenvalue weighted by atomic mass is 35.5. The van der Waals surface area contributed by atoms with Crippen LogP contribution in [0, 0.1) is 5.92 Å². The van der Waals surface area contributed by atoms with Crippen molar-refractivity contribution in [3.8, 4) is 10.6 Å². The average molecular weight is 456 g/mol. The summed E-state index contributed by atoms with van der Waals surface area (Å²) in [6.45, 7) is 3.07. The molecule has 3 aromatic rings. The van der Waals surface area contributed by atoms with E-state index < -0.39 is 0 Å². The highest BCUT2D eigenvalue weighted by Crippen LogP contribution is 2.37. The zero-order chi connectivity index (χ0) is 21.2. The number of nitrogens with zero attached hydrogens (tertiary/aromatic N) is 2. The Labute approximate surface area is 190 Å². The third kappa shape index (κ3) is 4.84. The molecule has 0 atom stereocenters. The normalized spacial score (nSPS) is 17.1. The first-order valence-electron chi connectivity index (χ1n) is 11.0. The Morgan fingerprint density at radius 1 is 1.23 bits per heavy atom. The van der Waals surface area contributed by atoms with E-state index in [1.165, 1.54) is 12.8 Å². The molecule has 3 heterocycles. The highest BCUT2D eigenvalue weighted by molar-refractivity contribution is 7.22. The van der Waals surface area contributed by atoms with E-state index in [0.717, 1.165) is 59.8 Å². The van der Waals surface area contributed by atoms with Crippen LogP contribution < -0.4 is 16.0 Å². The number of amides is 1. The van der Waals surface area contributed by atoms with Gasteiger partial charge in [0.05, 0.1) is 16.1 Å². The van der Waals surface area contributed by atoms with Gasteiger partial charge in [-0.15, -0.1) is 11.3 Å². The number of thiophene rings is 1. The van der Waals surface area contributed by atoms with Gasteiger partial charge in [-0.2, -0.15) is 0 Å². The molecule has 3 N–H and O–H groups in total. The summed E-state index contributed by atoms with van der Waals surface area (Å²) in [7, 11) is 0. The van der Waals surface area contributed by atoms with Crippen molar-refractivity contribution in [3.05, 3.63) is 41.0 Å². The number of aromatic nitrogens is 2. The van der Waals surface area contributed by atoms with Crippen molar-refractivity contribution in [2.45, 2.75) is 38.1 Å². The fourth-order valence-corrected chi connectivity index (χ4v) is 5.39. The summed E-state index contributed by atoms with van der Waals surface area (Å²) in [5.41, 5.74) is 1.41. The number of piperidine rings is 1. The molecule has 8 heteroatoms. The average Bonchev–Trinajstić information content (AvgIpc) is 3.49. The fourth-order valence-electron chi connectivity index (χ4n) is 4.05. The van der Waals surface area contributed by atoms with Gasteiger partial charge in [-0.25, -0.2) is 9.97 Å². The monoisotopic (exact) mass is 455 g/mol. The molecule has 162 valence electrons. The van der Waals surface area contributed by atoms with Gasteiger partial charge in [-0.1, -0.05) is 17.7 Å². The van der Waals surface area contributed by atoms with Crippen molar-refractivity contribution < 1.29 is 4.79 Å². The molecule has 6 nitrogen and oxygen atoms in total. The summed E-state index contributed by atoms with van der Waals surface area (Å²) in [5, 5.41) is 11.3. The van der Waals surface area contributed by atoms with Gasteiger partial charge in [0.1, 0.15) is 5.69 Å². The lowest BCUT2D eigenvalue weighted by Crippen LogP contribution is -2.28. The predicted octanol–water partition coefficient (Wildman–Crippen LogP) is 4.71. The van der Waals surface area contributed by atoms with Gasteiger partial charge in [0.25, 0.3) is 5.91 Å². The maximum Gasteiger partial charge on any atom is 0.252 e. The first-order valence-corrected chi connectivity index (χ1v) is 12.2. The zero-order valence-corrected chi connectivity index (χ0v) is 18.9. The standard InChI is InChI=1S/C23H26ClN5OS/c24-18-13-27-23(26-11-8-14-6-9-25-10-7-14)29-21(18)20-12-17-16(2-1-3-19(17)31-20)22(30)28-15-4-5-15/h1-3,12-15,25H,4-11H2,(H,28,30)(H,26,27,29). The van der Waals surface area contributed by atoms with E-state index in [9.17, 15) is 4.79 Å². The number of rotatable bonds is 7. The SMILES string of the molecule is O=C(NC1CC1)c1cccc2sc(-c3nc(NCCC4CCNCC4)ncc3Cl)cc12. The van der Waals surface area contributed by atoms with E-state index in [-0.39, 0.29) is 5.91 Å². The molecule has 0 unspecified atom stereocenters. The molecule has 1 saturated carbocycles. The van der Waals surface area contributed by atoms with Crippen molar-refractivity contribution in [1.29, 1.82) is 0 Å². The van der Waals surface area contributed by atoms with Crippen LogP contribution in [-0.4, -0.2) is 41.6 Å². The molecule has 2 aromatic heterocycles. The molecule has 1 amide bonds. The number of fused-ring (bicyclic) bond motifs is 1. The van der Waals surface area contributed by atoms with Crippen LogP contribution in [0.3, 0.4) is 0 Å². The van der Waals surface area contributed by atoms with Crippen LogP contribution >= 0.6 is 22.9 Å². The van der Waals surface area contributed by atoms with Crippen molar-refractivity contribution >= 4 is 44.9 Å². The molecule has 1 aliphatic heterocycles. The van der Waals surface area contributed by atoms with Crippen molar-refractivity contribution in [2.24, 2.45) is 5.92 Å². The number of carbonyl (C=O) groups excluding carboxylic acids is 1. The molecule has 0 bridgehead atoms. The van der Waals surface area contributed by atoms with Gasteiger partial charge in [0.15, 0.2) is 0 Å². The van der Waals surface area contributed by atoms with Gasteiger partial charge in [-0.3, -0.25) is 4.79 Å². The minimum absolute atomic E-state index is 0.00787. The number of anilines is 1. The van der Waals surface area contributed by atoms with Crippen LogP contribution in [0.5, 0.6) is 0 Å². The van der Waals surface area contributed by atoms with Gasteiger partial charge in [0.2, 0.25) is 5.95 Å². The van der Waals surface area contributed by atoms with Crippen molar-refractivity contribution in [2.75, 3.05) is 25.0 Å². The minimum atomic E-state index is -0.00787. The maximum atomic E-state index is 12.7. The molecule has 5 rings (SSSR count). The molecule has 1 aliphatic carbocycles. The van der Waals surface area contributed by atoms with E-state index >= 15 is 0 Å². The molecule has 31 heavy (non-hydrogen) atoms. The van der Waals surface area contributed by atoms with Crippen LogP contribution in [0.25, 0.3) is 20.7 Å². The van der Waals surface area contributed by atoms with Gasteiger partial charge in [-0.05, 0) is 69.3 Å². The second-order valence-electron chi connectivity index (χ2n) is 8.37. The van der Waals surface area contributed by atoms with E-state index in [4.69, 9.17) is 16.6 Å². The molecule has 1 aromatic carbocycles. The van der Waals surface area contributed by atoms with E-state index in [2.05, 4.69) is 20.9 Å². The van der Waals surface area contributed by atoms with Crippen LogP contribution in [0.4, 0.5) is 5.95 Å². The van der Waals surface area contributed by atoms with Crippen LogP contribution in [-0.2, 0) is 0 Å². The number of hydrogen-bond acceptors (Lipinski definition) is 6. The van der Waals surface area contributed by atoms with Crippen LogP contribution in [0.1, 0.15) is 42.5 Å². The lowest BCUT2D eigenvalue weighted by atomic mass is 9.95. The van der Waals surface area contributed by atoms with Crippen molar-refractivity contribution in [1.82, 2.24) is 20.6 Å². The molecule has 0 radical (unpaired) electrons. The summed E-state index contributed by atoms with van der Waals surface area (Å²) in [5.74, 6) is 1.34. The summed E-state index contributed by atoms with van der Waals surface area (Å²) in [4.78, 5) is 22.6. The number of carbonyl (C=O) groups is 1. The largest absolute Gasteiger partial charge is 0.354 e. The molecule has 2 aliphatic rings. The summed E-state index contributed by atoms with van der Waals surface area (Å²) in [6, 6.07) is 8.20. The van der Waals surface area contributed by atoms with Gasteiger partial charge >= 0.3 is 0 Å². The molecule has 2 fully saturated rings. The molecule has 0 spiro atoms. The highest BCUT2D eigenvalue weighted by Gasteiger charge is 2.25. The quantitative estimate of drug-likeness (QED) is 0.481. The Kier molecular flexibility index (Phi) is 6.07. The minimum Gasteiger partial charge on any atom is -0.354 e. The summed E-state index contributed by atoms with van der Waals surface area (Å²) in [6.07, 6.45) is 7.37. The Hall–Kier alpha value is -2.22. The lowest BCUT2D eigenvalue weighted by molar-refractivity contribution is 0.0953. The third-order valence-electron chi connectivity index (χ3n) is 5.99. The first-order chi connectivity index (χ1) is 15.2. The Bertz CT molecular complexity index is 1090. The van der Waals surface area contributed by atoms with Crippen LogP contribution in [0.2, 0.25) is 5.02 Å². The second-order valence-corrected chi connectivity index (χ2v) is 9.87. The first kappa shape index (κ1) is 20.7. The Morgan fingerprint density at radius 2 is 2.06 bits per heavy atom. The van der Waals surface area contributed by atoms with E-state index in [1.54, 1.807) is 17.5 Å². The number of halogens is 1. The summed E-state index contributed by atoms with van der Waals surface area (Å²) >= 11 is 8.06. The molecular formula is C23H26ClN5OS. The lowest BCUT2D eigenvalue weighted by Gasteiger charge is -2.22. The maximum absolute atomic E-state index is 12.7. The number of benzene rings is 1.